The molecule has 0 aliphatic rings. The minimum absolute atomic E-state index is 0.110. The summed E-state index contributed by atoms with van der Waals surface area (Å²) in [6, 6.07) is 8.77. The van der Waals surface area contributed by atoms with Crippen molar-refractivity contribution in [1.82, 2.24) is 0 Å². The fraction of sp³-hybridized carbons (Fsp3) is 0.235. The van der Waals surface area contributed by atoms with Crippen molar-refractivity contribution in [2.45, 2.75) is 18.7 Å². The van der Waals surface area contributed by atoms with E-state index in [1.807, 2.05) is 13.8 Å². The van der Waals surface area contributed by atoms with Gasteiger partial charge >= 0.3 is 5.97 Å². The molecular formula is C17H18N2O4S2. The number of esters is 1. The number of ether oxygens (including phenoxy) is 1. The van der Waals surface area contributed by atoms with E-state index in [9.17, 15) is 14.4 Å². The summed E-state index contributed by atoms with van der Waals surface area (Å²) in [5.74, 6) is -1.31. The Bertz CT molecular complexity index is 802. The predicted octanol–water partition coefficient (Wildman–Crippen LogP) is 2.74. The molecule has 0 radical (unpaired) electrons. The molecule has 25 heavy (non-hydrogen) atoms. The summed E-state index contributed by atoms with van der Waals surface area (Å²) < 4.78 is 5.07. The Labute approximate surface area is 153 Å². The number of rotatable bonds is 7. The van der Waals surface area contributed by atoms with Crippen molar-refractivity contribution in [1.29, 1.82) is 0 Å². The smallest absolute Gasteiger partial charge is 0.339 e. The maximum absolute atomic E-state index is 12.0. The van der Waals surface area contributed by atoms with Crippen molar-refractivity contribution in [3.63, 3.8) is 0 Å². The summed E-state index contributed by atoms with van der Waals surface area (Å²) in [5, 5.41) is 2.67. The lowest BCUT2D eigenvalue weighted by Crippen LogP contribution is -2.21. The molecule has 0 aliphatic heterocycles. The second kappa shape index (κ2) is 8.68. The van der Waals surface area contributed by atoms with Crippen LogP contribution >= 0.6 is 23.1 Å². The van der Waals surface area contributed by atoms with Gasteiger partial charge in [-0.1, -0.05) is 12.1 Å². The van der Waals surface area contributed by atoms with Crippen LogP contribution in [0.4, 0.5) is 5.69 Å². The number of carbonyl (C=O) groups excluding carboxylic acids is 3. The van der Waals surface area contributed by atoms with Crippen LogP contribution in [0, 0.1) is 13.8 Å². The molecule has 2 rings (SSSR count). The van der Waals surface area contributed by atoms with Gasteiger partial charge in [0.15, 0.2) is 6.61 Å². The van der Waals surface area contributed by atoms with Gasteiger partial charge in [0.2, 0.25) is 5.91 Å². The molecule has 0 saturated carbocycles. The zero-order chi connectivity index (χ0) is 18.4. The van der Waals surface area contributed by atoms with Gasteiger partial charge in [0, 0.05) is 14.6 Å². The van der Waals surface area contributed by atoms with Crippen LogP contribution < -0.4 is 11.1 Å². The number of amides is 2. The van der Waals surface area contributed by atoms with Crippen molar-refractivity contribution < 1.29 is 19.1 Å². The number of thiophene rings is 1. The standard InChI is InChI=1S/C17H18N2O4S2/c1-10-7-12(11(2)25-10)17(22)23-8-16(21)19-13-5-3-4-6-14(13)24-9-15(18)20/h3-7H,8-9H2,1-2H3,(H2,18,20)(H,19,21). The summed E-state index contributed by atoms with van der Waals surface area (Å²) in [5.41, 5.74) is 6.16. The van der Waals surface area contributed by atoms with Crippen molar-refractivity contribution >= 4 is 46.6 Å². The van der Waals surface area contributed by atoms with E-state index in [1.165, 1.54) is 23.1 Å². The van der Waals surface area contributed by atoms with Gasteiger partial charge in [-0.2, -0.15) is 0 Å². The lowest BCUT2D eigenvalue weighted by atomic mass is 10.2. The van der Waals surface area contributed by atoms with Gasteiger partial charge in [-0.25, -0.2) is 4.79 Å². The SMILES string of the molecule is Cc1cc(C(=O)OCC(=O)Nc2ccccc2SCC(N)=O)c(C)s1. The number of thioether (sulfide) groups is 1. The van der Waals surface area contributed by atoms with E-state index < -0.39 is 17.8 Å². The molecule has 0 fully saturated rings. The monoisotopic (exact) mass is 378 g/mol. The molecule has 0 saturated heterocycles. The minimum Gasteiger partial charge on any atom is -0.452 e. The van der Waals surface area contributed by atoms with Gasteiger partial charge in [-0.15, -0.1) is 23.1 Å². The molecule has 2 amide bonds. The van der Waals surface area contributed by atoms with E-state index in [-0.39, 0.29) is 12.4 Å². The Hall–Kier alpha value is -2.32. The number of hydrogen-bond acceptors (Lipinski definition) is 6. The third-order valence-corrected chi connectivity index (χ3v) is 5.19. The van der Waals surface area contributed by atoms with Crippen molar-refractivity contribution in [2.75, 3.05) is 17.7 Å². The van der Waals surface area contributed by atoms with Crippen molar-refractivity contribution in [3.8, 4) is 0 Å². The molecule has 132 valence electrons. The number of primary amides is 1. The first-order valence-electron chi connectivity index (χ1n) is 7.41. The van der Waals surface area contributed by atoms with Crippen LogP contribution in [0.2, 0.25) is 0 Å². The fourth-order valence-electron chi connectivity index (χ4n) is 2.07. The summed E-state index contributed by atoms with van der Waals surface area (Å²) in [6.07, 6.45) is 0. The number of aryl methyl sites for hydroxylation is 2. The van der Waals surface area contributed by atoms with Gasteiger partial charge in [0.25, 0.3) is 5.91 Å². The normalized spacial score (nSPS) is 10.3. The van der Waals surface area contributed by atoms with Crippen LogP contribution in [0.3, 0.4) is 0 Å². The van der Waals surface area contributed by atoms with Crippen molar-refractivity contribution in [2.24, 2.45) is 5.73 Å². The largest absolute Gasteiger partial charge is 0.452 e. The Kier molecular flexibility index (Phi) is 6.60. The summed E-state index contributed by atoms with van der Waals surface area (Å²) in [4.78, 5) is 37.6. The highest BCUT2D eigenvalue weighted by Crippen LogP contribution is 2.26. The highest BCUT2D eigenvalue weighted by Gasteiger charge is 2.15. The van der Waals surface area contributed by atoms with Crippen molar-refractivity contribution in [3.05, 3.63) is 45.6 Å². The molecule has 0 atom stereocenters. The first-order valence-corrected chi connectivity index (χ1v) is 9.21. The first-order chi connectivity index (χ1) is 11.9. The van der Waals surface area contributed by atoms with Crippen LogP contribution in [0.25, 0.3) is 0 Å². The lowest BCUT2D eigenvalue weighted by molar-refractivity contribution is -0.119. The summed E-state index contributed by atoms with van der Waals surface area (Å²) in [7, 11) is 0. The van der Waals surface area contributed by atoms with Gasteiger partial charge in [-0.3, -0.25) is 9.59 Å². The topological polar surface area (TPSA) is 98.5 Å². The van der Waals surface area contributed by atoms with E-state index in [0.717, 1.165) is 9.75 Å². The quantitative estimate of drug-likeness (QED) is 0.570. The highest BCUT2D eigenvalue weighted by molar-refractivity contribution is 8.00. The second-order valence-electron chi connectivity index (χ2n) is 5.20. The Morgan fingerprint density at radius 3 is 2.60 bits per heavy atom. The van der Waals surface area contributed by atoms with Crippen LogP contribution in [0.5, 0.6) is 0 Å². The number of hydrogen-bond donors (Lipinski definition) is 2. The molecule has 1 aromatic carbocycles. The number of nitrogens with one attached hydrogen (secondary N) is 1. The van der Waals surface area contributed by atoms with Gasteiger partial charge in [0.05, 0.1) is 17.0 Å². The number of anilines is 1. The summed E-state index contributed by atoms with van der Waals surface area (Å²) in [6.45, 7) is 3.35. The maximum Gasteiger partial charge on any atom is 0.339 e. The number of para-hydroxylation sites is 1. The average Bonchev–Trinajstić information content (AvgIpc) is 2.90. The molecule has 8 heteroatoms. The van der Waals surface area contributed by atoms with E-state index in [0.29, 0.717) is 16.1 Å². The minimum atomic E-state index is -0.520. The number of nitrogens with two attached hydrogens (primary N) is 1. The summed E-state index contributed by atoms with van der Waals surface area (Å²) >= 11 is 2.73. The van der Waals surface area contributed by atoms with Gasteiger partial charge in [-0.05, 0) is 32.0 Å². The fourth-order valence-corrected chi connectivity index (χ4v) is 3.73. The average molecular weight is 378 g/mol. The molecule has 1 aromatic heterocycles. The maximum atomic E-state index is 12.0. The lowest BCUT2D eigenvalue weighted by Gasteiger charge is -2.10. The molecule has 6 nitrogen and oxygen atoms in total. The third-order valence-electron chi connectivity index (χ3n) is 3.13. The van der Waals surface area contributed by atoms with Crippen LogP contribution in [-0.2, 0) is 14.3 Å². The van der Waals surface area contributed by atoms with E-state index in [2.05, 4.69) is 5.32 Å². The molecular weight excluding hydrogens is 360 g/mol. The Morgan fingerprint density at radius 1 is 1.24 bits per heavy atom. The molecule has 0 aliphatic carbocycles. The van der Waals surface area contributed by atoms with Crippen LogP contribution in [-0.4, -0.2) is 30.1 Å². The zero-order valence-electron chi connectivity index (χ0n) is 13.8. The Balaban J connectivity index is 1.93. The molecule has 0 bridgehead atoms. The van der Waals surface area contributed by atoms with E-state index >= 15 is 0 Å². The second-order valence-corrected chi connectivity index (χ2v) is 7.68. The molecule has 1 heterocycles. The molecule has 0 spiro atoms. The highest BCUT2D eigenvalue weighted by atomic mass is 32.2. The predicted molar refractivity (Wildman–Crippen MR) is 99.1 cm³/mol. The number of carbonyl (C=O) groups is 3. The van der Waals surface area contributed by atoms with Crippen LogP contribution in [0.15, 0.2) is 35.2 Å². The van der Waals surface area contributed by atoms with Gasteiger partial charge < -0.3 is 15.8 Å². The molecule has 0 unspecified atom stereocenters. The van der Waals surface area contributed by atoms with E-state index in [4.69, 9.17) is 10.5 Å². The van der Waals surface area contributed by atoms with E-state index in [1.54, 1.807) is 30.3 Å². The molecule has 3 N–H and O–H groups in total. The third kappa shape index (κ3) is 5.61. The van der Waals surface area contributed by atoms with Crippen LogP contribution in [0.1, 0.15) is 20.1 Å². The number of benzene rings is 1. The molecule has 2 aromatic rings. The zero-order valence-corrected chi connectivity index (χ0v) is 15.5. The Morgan fingerprint density at radius 2 is 1.96 bits per heavy atom. The first kappa shape index (κ1) is 19.0. The van der Waals surface area contributed by atoms with Gasteiger partial charge in [0.1, 0.15) is 0 Å².